The largest absolute Gasteiger partial charge is 0.756 e. The van der Waals surface area contributed by atoms with Gasteiger partial charge in [0.2, 0.25) is 5.91 Å². The number of hydrogen-bond acceptors (Lipinski definition) is 6. The minimum Gasteiger partial charge on any atom is -0.756 e. The smallest absolute Gasteiger partial charge is 0.268 e. The maximum atomic E-state index is 12.8. The summed E-state index contributed by atoms with van der Waals surface area (Å²) in [5.74, 6) is -0.206. The van der Waals surface area contributed by atoms with Gasteiger partial charge in [0.25, 0.3) is 7.82 Å². The molecule has 0 bridgehead atoms. The van der Waals surface area contributed by atoms with Crippen molar-refractivity contribution in [2.45, 2.75) is 180 Å². The van der Waals surface area contributed by atoms with Crippen LogP contribution in [0.4, 0.5) is 0 Å². The first-order chi connectivity index (χ1) is 23.0. The Hall–Kier alpha value is -1.02. The predicted octanol–water partition coefficient (Wildman–Crippen LogP) is 9.55. The summed E-state index contributed by atoms with van der Waals surface area (Å²) in [6.45, 7) is 4.59. The Morgan fingerprint density at radius 2 is 1.15 bits per heavy atom. The van der Waals surface area contributed by atoms with Crippen molar-refractivity contribution in [1.29, 1.82) is 0 Å². The first-order valence-electron chi connectivity index (χ1n) is 19.7. The Bertz CT molecular complexity index is 845. The van der Waals surface area contributed by atoms with Crippen LogP contribution in [-0.2, 0) is 18.4 Å². The number of likely N-dealkylation sites (N-methyl/N-ethyl adjacent to an activating group) is 1. The van der Waals surface area contributed by atoms with Crippen molar-refractivity contribution in [1.82, 2.24) is 5.32 Å². The third-order valence-electron chi connectivity index (χ3n) is 8.66. The average Bonchev–Trinajstić information content (AvgIpc) is 3.02. The molecule has 0 rings (SSSR count). The molecule has 0 aromatic rings. The van der Waals surface area contributed by atoms with Gasteiger partial charge >= 0.3 is 0 Å². The monoisotopic (exact) mass is 701 g/mol. The summed E-state index contributed by atoms with van der Waals surface area (Å²) in [5, 5.41) is 13.7. The number of hydrogen-bond donors (Lipinski definition) is 2. The molecule has 0 heterocycles. The van der Waals surface area contributed by atoms with E-state index in [2.05, 4.69) is 31.3 Å². The lowest BCUT2D eigenvalue weighted by molar-refractivity contribution is -0.870. The number of carbonyl (C=O) groups is 1. The van der Waals surface area contributed by atoms with Gasteiger partial charge in [-0.2, -0.15) is 0 Å². The van der Waals surface area contributed by atoms with Crippen LogP contribution in [0.5, 0.6) is 0 Å². The molecule has 0 aliphatic heterocycles. The van der Waals surface area contributed by atoms with Gasteiger partial charge in [-0.05, 0) is 44.9 Å². The summed E-state index contributed by atoms with van der Waals surface area (Å²) in [5.41, 5.74) is 0. The second-order valence-electron chi connectivity index (χ2n) is 14.6. The van der Waals surface area contributed by atoms with E-state index in [4.69, 9.17) is 9.05 Å². The number of phosphoric acid groups is 1. The van der Waals surface area contributed by atoms with Crippen molar-refractivity contribution in [3.63, 3.8) is 0 Å². The SMILES string of the molecule is CCCCCCCC/C=C/CCCCCCCCCC(=O)N[C@@H](COP(=O)([O-])OCC[N+](C)(C)C)[C@H](O)/C=C/CCCCCCCCC. The second kappa shape index (κ2) is 31.9. The van der Waals surface area contributed by atoms with E-state index in [1.165, 1.54) is 109 Å². The summed E-state index contributed by atoms with van der Waals surface area (Å²) in [6, 6.07) is -0.882. The van der Waals surface area contributed by atoms with Gasteiger partial charge in [-0.3, -0.25) is 9.36 Å². The van der Waals surface area contributed by atoms with E-state index in [9.17, 15) is 19.4 Å². The molecular formula is C39H77N2O6P. The van der Waals surface area contributed by atoms with Crippen LogP contribution < -0.4 is 10.2 Å². The van der Waals surface area contributed by atoms with E-state index in [0.29, 0.717) is 17.4 Å². The number of quaternary nitrogens is 1. The molecule has 284 valence electrons. The molecule has 8 nitrogen and oxygen atoms in total. The summed E-state index contributed by atoms with van der Waals surface area (Å²) < 4.78 is 23.0. The van der Waals surface area contributed by atoms with Crippen LogP contribution in [0.1, 0.15) is 168 Å². The number of aliphatic hydroxyl groups is 1. The van der Waals surface area contributed by atoms with Gasteiger partial charge in [0, 0.05) is 6.42 Å². The highest BCUT2D eigenvalue weighted by molar-refractivity contribution is 7.45. The standard InChI is InChI=1S/C39H77N2O6P/c1-6-8-10-12-14-16-17-18-19-20-21-22-23-25-27-29-31-33-39(43)40-37(36-47-48(44,45)46-35-34-41(3,4)5)38(42)32-30-28-26-24-15-13-11-9-7-2/h18-19,30,32,37-38,42H,6-17,20-29,31,33-36H2,1-5H3,(H-,40,43,44,45)/b19-18+,32-30+/t37-,38+/m0/s1. The van der Waals surface area contributed by atoms with Gasteiger partial charge in [-0.1, -0.05) is 141 Å². The Labute approximate surface area is 296 Å². The van der Waals surface area contributed by atoms with Crippen LogP contribution in [0.2, 0.25) is 0 Å². The highest BCUT2D eigenvalue weighted by atomic mass is 31.2. The summed E-state index contributed by atoms with van der Waals surface area (Å²) in [6.07, 6.45) is 35.1. The molecule has 1 amide bonds. The number of aliphatic hydroxyl groups excluding tert-OH is 1. The molecule has 0 saturated carbocycles. The van der Waals surface area contributed by atoms with Crippen molar-refractivity contribution in [2.24, 2.45) is 0 Å². The number of nitrogens with one attached hydrogen (secondary N) is 1. The minimum absolute atomic E-state index is 0.00143. The van der Waals surface area contributed by atoms with Crippen molar-refractivity contribution in [2.75, 3.05) is 40.9 Å². The van der Waals surface area contributed by atoms with E-state index >= 15 is 0 Å². The maximum Gasteiger partial charge on any atom is 0.268 e. The van der Waals surface area contributed by atoms with Crippen molar-refractivity contribution >= 4 is 13.7 Å². The molecule has 2 N–H and O–H groups in total. The zero-order valence-corrected chi connectivity index (χ0v) is 32.8. The van der Waals surface area contributed by atoms with Gasteiger partial charge in [-0.15, -0.1) is 0 Å². The van der Waals surface area contributed by atoms with E-state index in [1.54, 1.807) is 6.08 Å². The maximum absolute atomic E-state index is 12.8. The van der Waals surface area contributed by atoms with Crippen LogP contribution in [0, 0.1) is 0 Å². The molecule has 0 aliphatic rings. The molecule has 1 unspecified atom stereocenters. The number of unbranched alkanes of at least 4 members (excludes halogenated alkanes) is 20. The number of allylic oxidation sites excluding steroid dienone is 3. The molecule has 0 saturated heterocycles. The van der Waals surface area contributed by atoms with Gasteiger partial charge in [0.15, 0.2) is 0 Å². The first kappa shape index (κ1) is 47.0. The molecule has 0 aromatic heterocycles. The quantitative estimate of drug-likeness (QED) is 0.0295. The van der Waals surface area contributed by atoms with E-state index < -0.39 is 20.0 Å². The third kappa shape index (κ3) is 33.5. The highest BCUT2D eigenvalue weighted by Crippen LogP contribution is 2.38. The molecular weight excluding hydrogens is 623 g/mol. The predicted molar refractivity (Wildman–Crippen MR) is 201 cm³/mol. The fourth-order valence-electron chi connectivity index (χ4n) is 5.44. The van der Waals surface area contributed by atoms with Crippen molar-refractivity contribution in [3.8, 4) is 0 Å². The number of rotatable bonds is 35. The molecule has 3 atom stereocenters. The van der Waals surface area contributed by atoms with E-state index in [-0.39, 0.29) is 19.1 Å². The van der Waals surface area contributed by atoms with Gasteiger partial charge < -0.3 is 28.8 Å². The lowest BCUT2D eigenvalue weighted by Crippen LogP contribution is -2.45. The van der Waals surface area contributed by atoms with Crippen LogP contribution in [0.25, 0.3) is 0 Å². The normalized spacial score (nSPS) is 14.9. The summed E-state index contributed by atoms with van der Waals surface area (Å²) >= 11 is 0. The third-order valence-corrected chi connectivity index (χ3v) is 9.62. The summed E-state index contributed by atoms with van der Waals surface area (Å²) in [4.78, 5) is 25.1. The van der Waals surface area contributed by atoms with Crippen LogP contribution in [0.15, 0.2) is 24.3 Å². The topological polar surface area (TPSA) is 108 Å². The van der Waals surface area contributed by atoms with Gasteiger partial charge in [0.1, 0.15) is 13.2 Å². The molecule has 0 aromatic carbocycles. The van der Waals surface area contributed by atoms with E-state index in [0.717, 1.165) is 38.5 Å². The number of carbonyl (C=O) groups excluding carboxylic acids is 1. The summed E-state index contributed by atoms with van der Waals surface area (Å²) in [7, 11) is 1.25. The number of nitrogens with zero attached hydrogens (tertiary/aromatic N) is 1. The molecule has 9 heteroatoms. The zero-order valence-electron chi connectivity index (χ0n) is 31.9. The van der Waals surface area contributed by atoms with Gasteiger partial charge in [0.05, 0.1) is 39.9 Å². The van der Waals surface area contributed by atoms with Crippen LogP contribution >= 0.6 is 7.82 Å². The molecule has 48 heavy (non-hydrogen) atoms. The highest BCUT2D eigenvalue weighted by Gasteiger charge is 2.23. The fourth-order valence-corrected chi connectivity index (χ4v) is 6.16. The molecule has 0 aliphatic carbocycles. The van der Waals surface area contributed by atoms with Crippen LogP contribution in [-0.4, -0.2) is 68.5 Å². The fraction of sp³-hybridized carbons (Fsp3) is 0.872. The second-order valence-corrected chi connectivity index (χ2v) is 16.0. The van der Waals surface area contributed by atoms with Crippen molar-refractivity contribution < 1.29 is 32.9 Å². The number of phosphoric ester groups is 1. The van der Waals surface area contributed by atoms with Crippen molar-refractivity contribution in [3.05, 3.63) is 24.3 Å². The molecule has 0 spiro atoms. The minimum atomic E-state index is -4.57. The number of amides is 1. The molecule has 0 radical (unpaired) electrons. The lowest BCUT2D eigenvalue weighted by Gasteiger charge is -2.29. The van der Waals surface area contributed by atoms with E-state index in [1.807, 2.05) is 27.2 Å². The lowest BCUT2D eigenvalue weighted by atomic mass is 10.1. The van der Waals surface area contributed by atoms with Crippen LogP contribution in [0.3, 0.4) is 0 Å². The average molecular weight is 701 g/mol. The molecule has 0 fully saturated rings. The Morgan fingerprint density at radius 3 is 1.62 bits per heavy atom. The zero-order chi connectivity index (χ0) is 35.8. The first-order valence-corrected chi connectivity index (χ1v) is 21.2. The Kier molecular flexibility index (Phi) is 31.2. The van der Waals surface area contributed by atoms with Gasteiger partial charge in [-0.25, -0.2) is 0 Å². The Balaban J connectivity index is 4.42. The Morgan fingerprint density at radius 1 is 0.708 bits per heavy atom.